The van der Waals surface area contributed by atoms with E-state index >= 15 is 0 Å². The molecule has 2 aromatic heterocycles. The number of aromatic carboxylic acids is 1. The molecule has 0 saturated heterocycles. The van der Waals surface area contributed by atoms with Gasteiger partial charge in [-0.25, -0.2) is 4.79 Å². The van der Waals surface area contributed by atoms with Gasteiger partial charge < -0.3 is 19.9 Å². The lowest BCUT2D eigenvalue weighted by atomic mass is 10.0. The third-order valence-corrected chi connectivity index (χ3v) is 6.31. The van der Waals surface area contributed by atoms with Crippen LogP contribution in [-0.4, -0.2) is 37.3 Å². The van der Waals surface area contributed by atoms with Gasteiger partial charge in [0.2, 0.25) is 17.4 Å². The van der Waals surface area contributed by atoms with E-state index in [0.29, 0.717) is 0 Å². The molecule has 2 aromatic carbocycles. The molecule has 0 saturated carbocycles. The molecule has 0 radical (unpaired) electrons. The molecule has 0 unspecified atom stereocenters. The Morgan fingerprint density at radius 3 is 2.47 bits per heavy atom. The summed E-state index contributed by atoms with van der Waals surface area (Å²) in [5, 5.41) is 19.4. The predicted molar refractivity (Wildman–Crippen MR) is 124 cm³/mol. The van der Waals surface area contributed by atoms with Gasteiger partial charge in [-0.15, -0.1) is 0 Å². The quantitative estimate of drug-likeness (QED) is 0.263. The highest BCUT2D eigenvalue weighted by Crippen LogP contribution is 2.45. The number of carbonyl (C=O) groups is 3. The number of fused-ring (bicyclic) bond motifs is 4. The summed E-state index contributed by atoms with van der Waals surface area (Å²) in [6, 6.07) is 11.0. The fraction of sp³-hybridized carbons (Fsp3) is 0. The lowest BCUT2D eigenvalue weighted by Crippen LogP contribution is -2.16. The Kier molecular flexibility index (Phi) is 5.16. The number of carboxylic acids is 1. The first kappa shape index (κ1) is 22.1. The average Bonchev–Trinajstić information content (AvgIpc) is 3.27. The van der Waals surface area contributed by atoms with Gasteiger partial charge in [-0.2, -0.15) is 0 Å². The van der Waals surface area contributed by atoms with E-state index in [1.54, 1.807) is 24.3 Å². The van der Waals surface area contributed by atoms with Crippen LogP contribution in [0.15, 0.2) is 48.5 Å². The number of phenolic OH excluding ortho intramolecular Hbond substituents is 1. The number of nitrogens with zero attached hydrogens (tertiary/aromatic N) is 1. The van der Waals surface area contributed by atoms with Crippen LogP contribution in [0.25, 0.3) is 5.69 Å². The van der Waals surface area contributed by atoms with Crippen LogP contribution in [-0.2, 0) is 0 Å². The molecule has 1 aliphatic rings. The highest BCUT2D eigenvalue weighted by molar-refractivity contribution is 6.43. The van der Waals surface area contributed by atoms with E-state index in [0.717, 1.165) is 6.07 Å². The number of carbonyl (C=O) groups excluding carboxylic acids is 2. The number of hydrogen-bond donors (Lipinski definition) is 3. The number of ketones is 2. The Morgan fingerprint density at radius 2 is 1.76 bits per heavy atom. The summed E-state index contributed by atoms with van der Waals surface area (Å²) in [5.41, 5.74) is -0.251. The molecule has 1 aliphatic heterocycles. The Hall–Kier alpha value is -3.72. The van der Waals surface area contributed by atoms with Crippen molar-refractivity contribution in [2.45, 2.75) is 0 Å². The Balaban J connectivity index is 1.79. The Morgan fingerprint density at radius 1 is 1.03 bits per heavy atom. The van der Waals surface area contributed by atoms with E-state index in [1.165, 1.54) is 22.8 Å². The molecule has 0 fully saturated rings. The summed E-state index contributed by atoms with van der Waals surface area (Å²) in [4.78, 5) is 40.7. The fourth-order valence-electron chi connectivity index (χ4n) is 3.73. The van der Waals surface area contributed by atoms with Crippen molar-refractivity contribution >= 4 is 52.3 Å². The number of aromatic hydroxyl groups is 1. The first-order valence-corrected chi connectivity index (χ1v) is 10.7. The number of benzene rings is 2. The monoisotopic (exact) mass is 516 g/mol. The summed E-state index contributed by atoms with van der Waals surface area (Å²) in [6.45, 7) is 0. The number of rotatable bonds is 3. The molecular weight excluding hydrogens is 507 g/mol. The van der Waals surface area contributed by atoms with E-state index in [2.05, 4.69) is 4.98 Å². The lowest BCUT2D eigenvalue weighted by Gasteiger charge is -2.19. The zero-order valence-corrected chi connectivity index (χ0v) is 19.0. The highest BCUT2D eigenvalue weighted by atomic mass is 35.5. The molecule has 0 atom stereocenters. The molecule has 0 spiro atoms. The van der Waals surface area contributed by atoms with Crippen molar-refractivity contribution in [3.63, 3.8) is 0 Å². The second-order valence-electron chi connectivity index (χ2n) is 7.29. The molecule has 4 aromatic rings. The van der Waals surface area contributed by atoms with Gasteiger partial charge in [-0.1, -0.05) is 46.9 Å². The third kappa shape index (κ3) is 3.27. The second kappa shape index (κ2) is 7.95. The van der Waals surface area contributed by atoms with Gasteiger partial charge >= 0.3 is 5.97 Å². The van der Waals surface area contributed by atoms with Crippen LogP contribution in [0.3, 0.4) is 0 Å². The fourth-order valence-corrected chi connectivity index (χ4v) is 4.37. The third-order valence-electron chi connectivity index (χ3n) is 5.29. The number of nitrogens with one attached hydrogen (secondary N) is 1. The Labute approximate surface area is 205 Å². The molecule has 0 aliphatic carbocycles. The summed E-state index contributed by atoms with van der Waals surface area (Å²) < 4.78 is 7.19. The smallest absolute Gasteiger partial charge is 0.335 e. The number of aromatic amines is 1. The van der Waals surface area contributed by atoms with Crippen LogP contribution in [0.1, 0.15) is 42.5 Å². The maximum Gasteiger partial charge on any atom is 0.335 e. The van der Waals surface area contributed by atoms with Crippen molar-refractivity contribution in [1.29, 1.82) is 0 Å². The molecule has 11 heteroatoms. The van der Waals surface area contributed by atoms with E-state index in [-0.39, 0.29) is 60.6 Å². The van der Waals surface area contributed by atoms with E-state index < -0.39 is 23.3 Å². The van der Waals surface area contributed by atoms with Crippen molar-refractivity contribution in [2.75, 3.05) is 0 Å². The summed E-state index contributed by atoms with van der Waals surface area (Å²) >= 11 is 19.1. The van der Waals surface area contributed by atoms with Crippen LogP contribution in [0, 0.1) is 0 Å². The van der Waals surface area contributed by atoms with Crippen LogP contribution in [0.4, 0.5) is 0 Å². The molecule has 8 nitrogen and oxygen atoms in total. The van der Waals surface area contributed by atoms with Crippen LogP contribution < -0.4 is 4.74 Å². The van der Waals surface area contributed by atoms with Crippen molar-refractivity contribution in [1.82, 2.24) is 9.55 Å². The molecule has 3 N–H and O–H groups in total. The van der Waals surface area contributed by atoms with E-state index in [4.69, 9.17) is 44.6 Å². The minimum atomic E-state index is -1.27. The largest absolute Gasteiger partial charge is 0.507 e. The van der Waals surface area contributed by atoms with Gasteiger partial charge in [-0.05, 0) is 36.4 Å². The molecule has 3 heterocycles. The summed E-state index contributed by atoms with van der Waals surface area (Å²) in [6.07, 6.45) is 0. The maximum atomic E-state index is 13.5. The van der Waals surface area contributed by atoms with Crippen molar-refractivity contribution < 1.29 is 29.3 Å². The second-order valence-corrected chi connectivity index (χ2v) is 8.45. The first-order chi connectivity index (χ1) is 16.2. The SMILES string of the molecule is O=C(O)c1ccc(C(=O)c2cc(Cl)c3n2-c2c([nH]c(Cl)c2Cl)C(=O)c2ccccc2O3)c(O)c1. The molecule has 0 amide bonds. The normalized spacial score (nSPS) is 12.1. The first-order valence-electron chi connectivity index (χ1n) is 9.60. The highest BCUT2D eigenvalue weighted by Gasteiger charge is 2.34. The molecule has 5 rings (SSSR count). The Bertz CT molecular complexity index is 1550. The number of para-hydroxylation sites is 1. The molecule has 0 bridgehead atoms. The number of H-pyrrole nitrogens is 1. The van der Waals surface area contributed by atoms with Crippen LogP contribution in [0.5, 0.6) is 17.4 Å². The molecule has 34 heavy (non-hydrogen) atoms. The molecule has 170 valence electrons. The number of phenols is 1. The van der Waals surface area contributed by atoms with Gasteiger partial charge in [0, 0.05) is 0 Å². The summed E-state index contributed by atoms with van der Waals surface area (Å²) in [5.74, 6) is -2.86. The zero-order chi connectivity index (χ0) is 24.3. The zero-order valence-electron chi connectivity index (χ0n) is 16.7. The van der Waals surface area contributed by atoms with Crippen LogP contribution >= 0.6 is 34.8 Å². The minimum Gasteiger partial charge on any atom is -0.507 e. The van der Waals surface area contributed by atoms with Crippen molar-refractivity contribution in [3.8, 4) is 23.1 Å². The van der Waals surface area contributed by atoms with E-state index in [9.17, 15) is 19.5 Å². The standard InChI is InChI=1S/C23H11Cl3N2O6/c24-12-8-13(19(30)10-6-5-9(23(32)33)7-14(10)29)28-18-16(25)21(26)27-17(18)20(31)11-3-1-2-4-15(11)34-22(12)28/h1-8,27,29H,(H,32,33). The van der Waals surface area contributed by atoms with Gasteiger partial charge in [-0.3, -0.25) is 14.2 Å². The predicted octanol–water partition coefficient (Wildman–Crippen LogP) is 5.74. The maximum absolute atomic E-state index is 13.5. The number of hydrogen-bond acceptors (Lipinski definition) is 5. The minimum absolute atomic E-state index is 0.00114. The van der Waals surface area contributed by atoms with Gasteiger partial charge in [0.15, 0.2) is 0 Å². The van der Waals surface area contributed by atoms with Crippen LogP contribution in [0.2, 0.25) is 15.2 Å². The van der Waals surface area contributed by atoms with E-state index in [1.807, 2.05) is 0 Å². The van der Waals surface area contributed by atoms with Gasteiger partial charge in [0.25, 0.3) is 0 Å². The lowest BCUT2D eigenvalue weighted by molar-refractivity contribution is 0.0695. The van der Waals surface area contributed by atoms with Crippen molar-refractivity contribution in [2.24, 2.45) is 0 Å². The number of ether oxygens (including phenoxy) is 1. The van der Waals surface area contributed by atoms with Gasteiger partial charge in [0.05, 0.1) is 28.1 Å². The number of halogens is 3. The molecular formula is C23H11Cl3N2O6. The summed E-state index contributed by atoms with van der Waals surface area (Å²) in [7, 11) is 0. The topological polar surface area (TPSA) is 122 Å². The number of carboxylic acid groups (broad SMARTS) is 1. The number of aromatic nitrogens is 2. The average molecular weight is 518 g/mol. The van der Waals surface area contributed by atoms with Crippen molar-refractivity contribution in [3.05, 3.63) is 91.8 Å². The van der Waals surface area contributed by atoms with Gasteiger partial charge in [0.1, 0.15) is 32.4 Å².